The molecule has 6 heteroatoms. The van der Waals surface area contributed by atoms with Gasteiger partial charge in [0.25, 0.3) is 5.91 Å². The number of benzene rings is 2. The van der Waals surface area contributed by atoms with Crippen LogP contribution in [0.5, 0.6) is 11.5 Å². The molecule has 2 heterocycles. The third-order valence-electron chi connectivity index (χ3n) is 6.82. The molecule has 34 heavy (non-hydrogen) atoms. The van der Waals surface area contributed by atoms with E-state index in [1.165, 1.54) is 32.4 Å². The van der Waals surface area contributed by atoms with Gasteiger partial charge in [-0.2, -0.15) is 0 Å². The number of aryl methyl sites for hydroxylation is 1. The van der Waals surface area contributed by atoms with Crippen molar-refractivity contribution in [1.29, 1.82) is 0 Å². The molecule has 0 atom stereocenters. The zero-order valence-corrected chi connectivity index (χ0v) is 20.7. The van der Waals surface area contributed by atoms with Gasteiger partial charge in [-0.05, 0) is 88.1 Å². The van der Waals surface area contributed by atoms with Crippen LogP contribution in [0, 0.1) is 6.92 Å². The van der Waals surface area contributed by atoms with Crippen LogP contribution in [0.2, 0.25) is 0 Å². The average molecular weight is 462 g/mol. The number of hydrogen-bond donors (Lipinski definition) is 1. The van der Waals surface area contributed by atoms with E-state index < -0.39 is 0 Å². The van der Waals surface area contributed by atoms with Crippen LogP contribution in [-0.4, -0.2) is 50.1 Å². The van der Waals surface area contributed by atoms with Crippen molar-refractivity contribution in [2.24, 2.45) is 0 Å². The molecule has 6 nitrogen and oxygen atoms in total. The fourth-order valence-electron chi connectivity index (χ4n) is 4.57. The number of aromatic nitrogens is 1. The number of pyridine rings is 1. The van der Waals surface area contributed by atoms with E-state index in [2.05, 4.69) is 22.2 Å². The number of nitrogens with zero attached hydrogens (tertiary/aromatic N) is 2. The number of hydrogen-bond acceptors (Lipinski definition) is 5. The highest BCUT2D eigenvalue weighted by Crippen LogP contribution is 2.49. The van der Waals surface area contributed by atoms with Gasteiger partial charge in [0.15, 0.2) is 0 Å². The van der Waals surface area contributed by atoms with Crippen LogP contribution in [0.25, 0.3) is 10.9 Å². The summed E-state index contributed by atoms with van der Waals surface area (Å²) in [5.41, 5.74) is 3.08. The van der Waals surface area contributed by atoms with Crippen molar-refractivity contribution in [3.05, 3.63) is 65.4 Å². The Hall–Kier alpha value is -3.12. The number of likely N-dealkylation sites (tertiary alicyclic amines) is 1. The molecule has 0 bridgehead atoms. The Kier molecular flexibility index (Phi) is 7.37. The second-order valence-corrected chi connectivity index (χ2v) is 9.33. The van der Waals surface area contributed by atoms with Crippen LogP contribution in [0.15, 0.2) is 48.7 Å². The summed E-state index contributed by atoms with van der Waals surface area (Å²) < 4.78 is 10.7. The Morgan fingerprint density at radius 2 is 1.74 bits per heavy atom. The summed E-state index contributed by atoms with van der Waals surface area (Å²) in [4.78, 5) is 19.9. The van der Waals surface area contributed by atoms with Gasteiger partial charge in [-0.25, -0.2) is 0 Å². The highest BCUT2D eigenvalue weighted by atomic mass is 16.5. The summed E-state index contributed by atoms with van der Waals surface area (Å²) in [7, 11) is 5.44. The second-order valence-electron chi connectivity index (χ2n) is 9.33. The lowest BCUT2D eigenvalue weighted by atomic mass is 9.97. The minimum absolute atomic E-state index is 0.0937. The van der Waals surface area contributed by atoms with E-state index in [9.17, 15) is 4.79 Å². The SMILES string of the molecule is CN1CCCCC1.COc1ccc(C)c(C(=O)NC2(c3cc(OC)cc4ncccc34)CC2)c1. The van der Waals surface area contributed by atoms with Gasteiger partial charge in [-0.3, -0.25) is 9.78 Å². The first-order chi connectivity index (χ1) is 16.5. The van der Waals surface area contributed by atoms with Crippen LogP contribution < -0.4 is 14.8 Å². The third kappa shape index (κ3) is 5.33. The maximum atomic E-state index is 13.0. The third-order valence-corrected chi connectivity index (χ3v) is 6.82. The summed E-state index contributed by atoms with van der Waals surface area (Å²) in [5.74, 6) is 1.32. The summed E-state index contributed by atoms with van der Waals surface area (Å²) in [6.07, 6.45) is 7.82. The molecule has 1 N–H and O–H groups in total. The number of amides is 1. The molecule has 1 aromatic heterocycles. The zero-order chi connectivity index (χ0) is 24.1. The quantitative estimate of drug-likeness (QED) is 0.574. The maximum Gasteiger partial charge on any atom is 0.252 e. The molecule has 1 aliphatic carbocycles. The Morgan fingerprint density at radius 1 is 1.00 bits per heavy atom. The van der Waals surface area contributed by atoms with E-state index in [1.807, 2.05) is 43.3 Å². The molecule has 3 aromatic rings. The van der Waals surface area contributed by atoms with Crippen molar-refractivity contribution in [1.82, 2.24) is 15.2 Å². The summed E-state index contributed by atoms with van der Waals surface area (Å²) in [5, 5.41) is 4.30. The Labute approximate surface area is 202 Å². The standard InChI is InChI=1S/C22H22N2O3.C6H13N/c1-14-6-7-15(26-2)11-18(14)21(25)24-22(8-9-22)19-12-16(27-3)13-20-17(19)5-4-10-23-20;1-7-5-3-2-4-6-7/h4-7,10-13H,8-9H2,1-3H3,(H,24,25);2-6H2,1H3. The van der Waals surface area contributed by atoms with E-state index in [-0.39, 0.29) is 11.4 Å². The number of carbonyl (C=O) groups excluding carboxylic acids is 1. The van der Waals surface area contributed by atoms with Gasteiger partial charge >= 0.3 is 0 Å². The van der Waals surface area contributed by atoms with Crippen molar-refractivity contribution in [3.8, 4) is 11.5 Å². The number of fused-ring (bicyclic) bond motifs is 1. The summed E-state index contributed by atoms with van der Waals surface area (Å²) >= 11 is 0. The van der Waals surface area contributed by atoms with E-state index in [1.54, 1.807) is 26.5 Å². The lowest BCUT2D eigenvalue weighted by Gasteiger charge is -2.21. The number of ether oxygens (including phenoxy) is 2. The molecule has 2 fully saturated rings. The first-order valence-electron chi connectivity index (χ1n) is 12.0. The zero-order valence-electron chi connectivity index (χ0n) is 20.7. The Morgan fingerprint density at radius 3 is 2.35 bits per heavy atom. The van der Waals surface area contributed by atoms with E-state index in [0.29, 0.717) is 11.3 Å². The lowest BCUT2D eigenvalue weighted by Crippen LogP contribution is -2.35. The van der Waals surface area contributed by atoms with E-state index >= 15 is 0 Å². The first-order valence-corrected chi connectivity index (χ1v) is 12.0. The molecule has 0 radical (unpaired) electrons. The van der Waals surface area contributed by atoms with Gasteiger partial charge in [0.05, 0.1) is 25.3 Å². The summed E-state index contributed by atoms with van der Waals surface area (Å²) in [6.45, 7) is 4.57. The molecule has 1 saturated carbocycles. The average Bonchev–Trinajstić information content (AvgIpc) is 3.64. The monoisotopic (exact) mass is 461 g/mol. The number of rotatable bonds is 5. The van der Waals surface area contributed by atoms with Gasteiger partial charge < -0.3 is 19.7 Å². The topological polar surface area (TPSA) is 63.7 Å². The van der Waals surface area contributed by atoms with Crippen LogP contribution in [0.3, 0.4) is 0 Å². The van der Waals surface area contributed by atoms with Crippen LogP contribution in [0.1, 0.15) is 53.6 Å². The van der Waals surface area contributed by atoms with Crippen molar-refractivity contribution in [2.75, 3.05) is 34.4 Å². The molecule has 1 saturated heterocycles. The van der Waals surface area contributed by atoms with Crippen molar-refractivity contribution in [2.45, 2.75) is 44.6 Å². The molecule has 1 aliphatic heterocycles. The second kappa shape index (κ2) is 10.4. The van der Waals surface area contributed by atoms with Gasteiger partial charge in [-0.1, -0.05) is 18.6 Å². The largest absolute Gasteiger partial charge is 0.497 e. The van der Waals surface area contributed by atoms with Gasteiger partial charge in [0.2, 0.25) is 0 Å². The molecule has 0 unspecified atom stereocenters. The fourth-order valence-corrected chi connectivity index (χ4v) is 4.57. The minimum atomic E-state index is -0.386. The number of nitrogens with one attached hydrogen (secondary N) is 1. The fraction of sp³-hybridized carbons (Fsp3) is 0.429. The van der Waals surface area contributed by atoms with Gasteiger partial charge in [0.1, 0.15) is 11.5 Å². The number of carbonyl (C=O) groups is 1. The highest BCUT2D eigenvalue weighted by Gasteiger charge is 2.47. The number of piperidine rings is 1. The minimum Gasteiger partial charge on any atom is -0.497 e. The van der Waals surface area contributed by atoms with Gasteiger partial charge in [0, 0.05) is 23.2 Å². The molecular formula is C28H35N3O3. The smallest absolute Gasteiger partial charge is 0.252 e. The van der Waals surface area contributed by atoms with Crippen molar-refractivity contribution < 1.29 is 14.3 Å². The Bertz CT molecular complexity index is 1150. The van der Waals surface area contributed by atoms with Crippen LogP contribution in [0.4, 0.5) is 0 Å². The molecule has 1 amide bonds. The van der Waals surface area contributed by atoms with Crippen LogP contribution in [-0.2, 0) is 5.54 Å². The highest BCUT2D eigenvalue weighted by molar-refractivity contribution is 5.97. The van der Waals surface area contributed by atoms with Gasteiger partial charge in [-0.15, -0.1) is 0 Å². The summed E-state index contributed by atoms with van der Waals surface area (Å²) in [6, 6.07) is 13.4. The van der Waals surface area contributed by atoms with E-state index in [4.69, 9.17) is 9.47 Å². The maximum absolute atomic E-state index is 13.0. The molecule has 180 valence electrons. The van der Waals surface area contributed by atoms with Crippen molar-refractivity contribution in [3.63, 3.8) is 0 Å². The van der Waals surface area contributed by atoms with Crippen LogP contribution >= 0.6 is 0 Å². The lowest BCUT2D eigenvalue weighted by molar-refractivity contribution is 0.0930. The molecule has 5 rings (SSSR count). The molecule has 2 aliphatic rings. The predicted octanol–water partition coefficient (Wildman–Crippen LogP) is 5.08. The van der Waals surface area contributed by atoms with Crippen molar-refractivity contribution >= 4 is 16.8 Å². The van der Waals surface area contributed by atoms with E-state index in [0.717, 1.165) is 40.6 Å². The number of methoxy groups -OCH3 is 2. The Balaban J connectivity index is 0.000000336. The molecule has 0 spiro atoms. The normalized spacial score (nSPS) is 16.8. The molecular weight excluding hydrogens is 426 g/mol. The predicted molar refractivity (Wildman–Crippen MR) is 136 cm³/mol. The first kappa shape index (κ1) is 24.0. The molecule has 2 aromatic carbocycles.